The predicted octanol–water partition coefficient (Wildman–Crippen LogP) is 3.53. The first kappa shape index (κ1) is 16.9. The van der Waals surface area contributed by atoms with E-state index in [0.717, 1.165) is 11.1 Å². The number of carbonyl (C=O) groups excluding carboxylic acids is 2. The van der Waals surface area contributed by atoms with Crippen molar-refractivity contribution in [2.75, 3.05) is 6.54 Å². The molecule has 2 aliphatic rings. The number of ether oxygens (including phenoxy) is 1. The minimum Gasteiger partial charge on any atom is -0.434 e. The van der Waals surface area contributed by atoms with Crippen molar-refractivity contribution in [1.29, 1.82) is 0 Å². The lowest BCUT2D eigenvalue weighted by Gasteiger charge is -2.22. The Labute approximate surface area is 156 Å². The van der Waals surface area contributed by atoms with Gasteiger partial charge in [0, 0.05) is 5.02 Å². The Morgan fingerprint density at radius 3 is 2.58 bits per heavy atom. The third-order valence-corrected chi connectivity index (χ3v) is 5.01. The number of nitrogens with one attached hydrogen (secondary N) is 2. The van der Waals surface area contributed by atoms with Crippen LogP contribution in [0.5, 0.6) is 0 Å². The smallest absolute Gasteiger partial charge is 0.408 e. The summed E-state index contributed by atoms with van der Waals surface area (Å²) in [7, 11) is 0. The molecule has 2 atom stereocenters. The van der Waals surface area contributed by atoms with E-state index in [0.29, 0.717) is 10.9 Å². The molecule has 1 heterocycles. The van der Waals surface area contributed by atoms with Crippen molar-refractivity contribution >= 4 is 23.6 Å². The molecular formula is C20H19ClN2O3. The molecule has 0 radical (unpaired) electrons. The van der Waals surface area contributed by atoms with E-state index in [1.54, 1.807) is 12.1 Å². The number of halogens is 1. The van der Waals surface area contributed by atoms with Gasteiger partial charge in [-0.3, -0.25) is 4.79 Å². The van der Waals surface area contributed by atoms with Crippen LogP contribution in [0.2, 0.25) is 5.02 Å². The van der Waals surface area contributed by atoms with Crippen LogP contribution in [0, 0.1) is 0 Å². The van der Waals surface area contributed by atoms with Crippen molar-refractivity contribution < 1.29 is 14.3 Å². The molecular weight excluding hydrogens is 352 g/mol. The van der Waals surface area contributed by atoms with Crippen LogP contribution in [0.1, 0.15) is 41.5 Å². The van der Waals surface area contributed by atoms with Crippen molar-refractivity contribution in [1.82, 2.24) is 10.6 Å². The van der Waals surface area contributed by atoms with Crippen molar-refractivity contribution in [2.45, 2.75) is 30.9 Å². The van der Waals surface area contributed by atoms with Crippen LogP contribution in [0.15, 0.2) is 48.5 Å². The average Bonchev–Trinajstić information content (AvgIpc) is 3.41. The van der Waals surface area contributed by atoms with Gasteiger partial charge in [0.1, 0.15) is 0 Å². The highest BCUT2D eigenvalue weighted by molar-refractivity contribution is 6.30. The number of benzene rings is 2. The van der Waals surface area contributed by atoms with E-state index in [1.807, 2.05) is 24.3 Å². The fourth-order valence-corrected chi connectivity index (χ4v) is 3.32. The summed E-state index contributed by atoms with van der Waals surface area (Å²) in [6.45, 7) is 0.181. The molecule has 1 aliphatic heterocycles. The first-order chi connectivity index (χ1) is 12.6. The number of hydrogen-bond donors (Lipinski definition) is 2. The van der Waals surface area contributed by atoms with Crippen LogP contribution in [-0.2, 0) is 9.53 Å². The lowest BCUT2D eigenvalue weighted by Crippen LogP contribution is -2.39. The second-order valence-corrected chi connectivity index (χ2v) is 7.15. The van der Waals surface area contributed by atoms with Gasteiger partial charge in [0.2, 0.25) is 0 Å². The van der Waals surface area contributed by atoms with Crippen LogP contribution in [0.25, 0.3) is 0 Å². The molecule has 2 aromatic carbocycles. The molecule has 2 amide bonds. The van der Waals surface area contributed by atoms with Crippen LogP contribution in [0.4, 0.5) is 4.79 Å². The number of alkyl carbamates (subject to hydrolysis) is 1. The maximum absolute atomic E-state index is 12.6. The molecule has 2 N–H and O–H groups in total. The normalized spacial score (nSPS) is 20.2. The second kappa shape index (κ2) is 7.00. The van der Waals surface area contributed by atoms with E-state index in [4.69, 9.17) is 16.3 Å². The van der Waals surface area contributed by atoms with E-state index in [9.17, 15) is 9.59 Å². The second-order valence-electron chi connectivity index (χ2n) is 6.71. The summed E-state index contributed by atoms with van der Waals surface area (Å²) in [6.07, 6.45) is 1.05. The number of cyclic esters (lactones) is 1. The molecule has 1 saturated carbocycles. The molecule has 1 aliphatic carbocycles. The molecule has 0 aromatic heterocycles. The van der Waals surface area contributed by atoms with Gasteiger partial charge in [0.05, 0.1) is 12.6 Å². The minimum absolute atomic E-state index is 0.181. The standard InChI is InChI=1S/C20H19ClN2O3/c21-16-8-6-13(7-9-16)18(23-19(24)17-11-22-20(25)26-17)15-3-1-2-14(10-15)12-4-5-12/h1-3,6-10,12,17-18H,4-5,11H2,(H,22,25)(H,23,24)/t17-,18+/m0/s1. The van der Waals surface area contributed by atoms with Gasteiger partial charge in [-0.2, -0.15) is 0 Å². The predicted molar refractivity (Wildman–Crippen MR) is 98.1 cm³/mol. The van der Waals surface area contributed by atoms with Crippen molar-refractivity contribution in [3.63, 3.8) is 0 Å². The molecule has 4 rings (SSSR count). The lowest BCUT2D eigenvalue weighted by molar-refractivity contribution is -0.128. The van der Waals surface area contributed by atoms with Gasteiger partial charge in [0.15, 0.2) is 6.10 Å². The Hall–Kier alpha value is -2.53. The van der Waals surface area contributed by atoms with Crippen LogP contribution in [-0.4, -0.2) is 24.6 Å². The first-order valence-electron chi connectivity index (χ1n) is 8.70. The van der Waals surface area contributed by atoms with Gasteiger partial charge in [-0.1, -0.05) is 48.0 Å². The van der Waals surface area contributed by atoms with Gasteiger partial charge in [-0.25, -0.2) is 4.79 Å². The SMILES string of the molecule is O=C1NC[C@@H](C(=O)N[C@H](c2ccc(Cl)cc2)c2cccc(C3CC3)c2)O1. The third-order valence-electron chi connectivity index (χ3n) is 4.76. The van der Waals surface area contributed by atoms with Crippen LogP contribution in [0.3, 0.4) is 0 Å². The molecule has 1 saturated heterocycles. The zero-order valence-corrected chi connectivity index (χ0v) is 14.8. The number of rotatable bonds is 5. The quantitative estimate of drug-likeness (QED) is 0.846. The number of hydrogen-bond acceptors (Lipinski definition) is 3. The largest absolute Gasteiger partial charge is 0.434 e. The van der Waals surface area contributed by atoms with Crippen LogP contribution < -0.4 is 10.6 Å². The van der Waals surface area contributed by atoms with E-state index < -0.39 is 12.2 Å². The van der Waals surface area contributed by atoms with Crippen molar-refractivity contribution in [2.24, 2.45) is 0 Å². The number of amides is 2. The van der Waals surface area contributed by atoms with Crippen molar-refractivity contribution in [3.8, 4) is 0 Å². The summed E-state index contributed by atoms with van der Waals surface area (Å²) in [6, 6.07) is 15.4. The summed E-state index contributed by atoms with van der Waals surface area (Å²) in [4.78, 5) is 23.8. The van der Waals surface area contributed by atoms with Gasteiger partial charge < -0.3 is 15.4 Å². The summed E-state index contributed by atoms with van der Waals surface area (Å²) >= 11 is 6.01. The third kappa shape index (κ3) is 3.68. The van der Waals surface area contributed by atoms with E-state index in [2.05, 4.69) is 22.8 Å². The van der Waals surface area contributed by atoms with E-state index in [1.165, 1.54) is 18.4 Å². The van der Waals surface area contributed by atoms with Gasteiger partial charge >= 0.3 is 6.09 Å². The highest BCUT2D eigenvalue weighted by atomic mass is 35.5. The Morgan fingerprint density at radius 1 is 1.15 bits per heavy atom. The van der Waals surface area contributed by atoms with Crippen LogP contribution >= 0.6 is 11.6 Å². The molecule has 134 valence electrons. The molecule has 26 heavy (non-hydrogen) atoms. The molecule has 0 spiro atoms. The van der Waals surface area contributed by atoms with E-state index >= 15 is 0 Å². The summed E-state index contributed by atoms with van der Waals surface area (Å²) in [5.41, 5.74) is 3.22. The van der Waals surface area contributed by atoms with Gasteiger partial charge in [0.25, 0.3) is 5.91 Å². The maximum atomic E-state index is 12.6. The monoisotopic (exact) mass is 370 g/mol. The average molecular weight is 371 g/mol. The summed E-state index contributed by atoms with van der Waals surface area (Å²) in [5, 5.41) is 6.16. The zero-order valence-electron chi connectivity index (χ0n) is 14.1. The highest BCUT2D eigenvalue weighted by Crippen LogP contribution is 2.41. The first-order valence-corrected chi connectivity index (χ1v) is 9.08. The molecule has 2 fully saturated rings. The lowest BCUT2D eigenvalue weighted by atomic mass is 9.95. The number of carbonyl (C=O) groups is 2. The Morgan fingerprint density at radius 2 is 1.92 bits per heavy atom. The van der Waals surface area contributed by atoms with E-state index in [-0.39, 0.29) is 18.5 Å². The van der Waals surface area contributed by atoms with Gasteiger partial charge in [-0.05, 0) is 47.6 Å². The molecule has 5 nitrogen and oxygen atoms in total. The fourth-order valence-electron chi connectivity index (χ4n) is 3.19. The molecule has 0 unspecified atom stereocenters. The summed E-state index contributed by atoms with van der Waals surface area (Å²) in [5.74, 6) is 0.302. The topological polar surface area (TPSA) is 67.4 Å². The molecule has 0 bridgehead atoms. The Balaban J connectivity index is 1.63. The maximum Gasteiger partial charge on any atom is 0.408 e. The molecule has 2 aromatic rings. The Kier molecular flexibility index (Phi) is 4.55. The fraction of sp³-hybridized carbons (Fsp3) is 0.300. The van der Waals surface area contributed by atoms with Crippen molar-refractivity contribution in [3.05, 3.63) is 70.2 Å². The zero-order chi connectivity index (χ0) is 18.1. The molecule has 6 heteroatoms. The Bertz CT molecular complexity index is 833. The van der Waals surface area contributed by atoms with Gasteiger partial charge in [-0.15, -0.1) is 0 Å². The highest BCUT2D eigenvalue weighted by Gasteiger charge is 2.32. The summed E-state index contributed by atoms with van der Waals surface area (Å²) < 4.78 is 5.00. The minimum atomic E-state index is -0.816.